The highest BCUT2D eigenvalue weighted by Gasteiger charge is 2.35. The molecule has 1 fully saturated rings. The minimum absolute atomic E-state index is 0.132. The van der Waals surface area contributed by atoms with Crippen LogP contribution in [-0.2, 0) is 0 Å². The minimum Gasteiger partial charge on any atom is -0.305 e. The second-order valence-corrected chi connectivity index (χ2v) is 8.04. The van der Waals surface area contributed by atoms with E-state index in [0.717, 1.165) is 23.1 Å². The molecule has 1 aromatic carbocycles. The lowest BCUT2D eigenvalue weighted by molar-refractivity contribution is 0.413. The van der Waals surface area contributed by atoms with Crippen molar-refractivity contribution < 1.29 is 4.39 Å². The first-order chi connectivity index (χ1) is 10.6. The number of nitrogens with zero attached hydrogens (tertiary/aromatic N) is 1. The molecule has 1 nitrogen and oxygen atoms in total. The Balaban J connectivity index is 1.86. The number of fused-ring (bicyclic) bond motifs is 3. The van der Waals surface area contributed by atoms with Gasteiger partial charge in [-0.05, 0) is 80.3 Å². The highest BCUT2D eigenvalue weighted by molar-refractivity contribution is 7.17. The van der Waals surface area contributed by atoms with E-state index in [0.29, 0.717) is 0 Å². The van der Waals surface area contributed by atoms with Crippen LogP contribution in [0.25, 0.3) is 15.7 Å². The van der Waals surface area contributed by atoms with Gasteiger partial charge in [0.2, 0.25) is 0 Å². The fraction of sp³-hybridized carbons (Fsp3) is 0.474. The molecule has 2 aliphatic rings. The van der Waals surface area contributed by atoms with Crippen LogP contribution in [0, 0.1) is 17.7 Å². The largest absolute Gasteiger partial charge is 0.305 e. The van der Waals surface area contributed by atoms with Gasteiger partial charge in [-0.3, -0.25) is 0 Å². The number of allylic oxidation sites excluding steroid dienone is 1. The maximum absolute atomic E-state index is 13.5. The van der Waals surface area contributed by atoms with Gasteiger partial charge in [-0.2, -0.15) is 0 Å². The third-order valence-corrected chi connectivity index (χ3v) is 6.15. The average Bonchev–Trinajstić information content (AvgIpc) is 3.03. The Morgan fingerprint density at radius 2 is 2.14 bits per heavy atom. The smallest absolute Gasteiger partial charge is 0.124 e. The number of hydrogen-bond donors (Lipinski definition) is 0. The summed E-state index contributed by atoms with van der Waals surface area (Å²) in [6.07, 6.45) is 5.31. The summed E-state index contributed by atoms with van der Waals surface area (Å²) in [4.78, 5) is 2.29. The molecule has 0 spiro atoms. The zero-order valence-electron chi connectivity index (χ0n) is 13.2. The van der Waals surface area contributed by atoms with Crippen molar-refractivity contribution in [1.29, 1.82) is 0 Å². The summed E-state index contributed by atoms with van der Waals surface area (Å²) in [7, 11) is 4.31. The predicted octanol–water partition coefficient (Wildman–Crippen LogP) is 5.18. The molecule has 0 saturated heterocycles. The van der Waals surface area contributed by atoms with E-state index in [4.69, 9.17) is 0 Å². The molecule has 1 saturated carbocycles. The first-order valence-corrected chi connectivity index (χ1v) is 9.03. The van der Waals surface area contributed by atoms with E-state index in [1.54, 1.807) is 34.6 Å². The molecular weight excluding hydrogens is 293 g/mol. The Hall–Kier alpha value is -1.19. The third kappa shape index (κ3) is 2.40. The maximum Gasteiger partial charge on any atom is 0.124 e. The normalized spacial score (nSPS) is 24.7. The van der Waals surface area contributed by atoms with Crippen molar-refractivity contribution in [3.63, 3.8) is 0 Å². The van der Waals surface area contributed by atoms with Crippen LogP contribution < -0.4 is 0 Å². The SMILES string of the molecule is CN(C)CC1=C(c2csc3cc(F)ccc23)[C@H]2CC[C@@H](C1)C2. The second-order valence-electron chi connectivity index (χ2n) is 7.12. The van der Waals surface area contributed by atoms with Crippen LogP contribution in [0.4, 0.5) is 4.39 Å². The van der Waals surface area contributed by atoms with Crippen molar-refractivity contribution in [1.82, 2.24) is 4.90 Å². The molecule has 0 aliphatic heterocycles. The average molecular weight is 315 g/mol. The van der Waals surface area contributed by atoms with Gasteiger partial charge in [-0.15, -0.1) is 11.3 Å². The van der Waals surface area contributed by atoms with E-state index in [1.807, 2.05) is 6.07 Å². The van der Waals surface area contributed by atoms with Crippen molar-refractivity contribution >= 4 is 27.0 Å². The maximum atomic E-state index is 13.5. The topological polar surface area (TPSA) is 3.24 Å². The molecule has 3 heteroatoms. The second kappa shape index (κ2) is 5.47. The first-order valence-electron chi connectivity index (χ1n) is 8.15. The summed E-state index contributed by atoms with van der Waals surface area (Å²) in [5, 5.41) is 3.50. The van der Waals surface area contributed by atoms with Crippen LogP contribution in [0.15, 0.2) is 29.2 Å². The lowest BCUT2D eigenvalue weighted by Crippen LogP contribution is -2.21. The van der Waals surface area contributed by atoms with Gasteiger partial charge in [0.1, 0.15) is 5.82 Å². The van der Waals surface area contributed by atoms with Crippen molar-refractivity contribution in [2.24, 2.45) is 11.8 Å². The number of benzene rings is 1. The molecule has 1 aromatic heterocycles. The van der Waals surface area contributed by atoms with Crippen molar-refractivity contribution in [2.75, 3.05) is 20.6 Å². The van der Waals surface area contributed by atoms with Gasteiger partial charge in [0, 0.05) is 16.6 Å². The van der Waals surface area contributed by atoms with Gasteiger partial charge in [-0.1, -0.05) is 11.6 Å². The van der Waals surface area contributed by atoms with Crippen LogP contribution in [0.5, 0.6) is 0 Å². The number of likely N-dealkylation sites (N-methyl/N-ethyl adjacent to an activating group) is 1. The highest BCUT2D eigenvalue weighted by Crippen LogP contribution is 2.51. The molecule has 2 aliphatic carbocycles. The molecule has 2 bridgehead atoms. The van der Waals surface area contributed by atoms with Gasteiger partial charge < -0.3 is 4.90 Å². The summed E-state index contributed by atoms with van der Waals surface area (Å²) in [6, 6.07) is 5.25. The van der Waals surface area contributed by atoms with E-state index >= 15 is 0 Å². The summed E-state index contributed by atoms with van der Waals surface area (Å²) in [6.45, 7) is 1.06. The number of halogens is 1. The van der Waals surface area contributed by atoms with Crippen LogP contribution in [-0.4, -0.2) is 25.5 Å². The summed E-state index contributed by atoms with van der Waals surface area (Å²) < 4.78 is 14.6. The highest BCUT2D eigenvalue weighted by atomic mass is 32.1. The van der Waals surface area contributed by atoms with Crippen LogP contribution >= 0.6 is 11.3 Å². The Bertz CT molecular complexity index is 743. The van der Waals surface area contributed by atoms with Crippen LogP contribution in [0.2, 0.25) is 0 Å². The zero-order valence-corrected chi connectivity index (χ0v) is 14.0. The van der Waals surface area contributed by atoms with E-state index in [9.17, 15) is 4.39 Å². The molecular formula is C19H22FNS. The summed E-state index contributed by atoms with van der Waals surface area (Å²) >= 11 is 1.68. The number of hydrogen-bond acceptors (Lipinski definition) is 2. The van der Waals surface area contributed by atoms with Crippen molar-refractivity contribution in [3.8, 4) is 0 Å². The summed E-state index contributed by atoms with van der Waals surface area (Å²) in [5.74, 6) is 1.48. The number of thiophene rings is 1. The fourth-order valence-electron chi connectivity index (χ4n) is 4.42. The van der Waals surface area contributed by atoms with E-state index in [1.165, 1.54) is 36.6 Å². The van der Waals surface area contributed by atoms with Gasteiger partial charge >= 0.3 is 0 Å². The standard InChI is InChI=1S/C19H22FNS/c1-21(2)10-14-8-12-3-4-13(7-12)19(14)17-11-22-18-9-15(20)5-6-16(17)18/h5-6,9,11-13H,3-4,7-8,10H2,1-2H3/t12-,13+/m1/s1. The minimum atomic E-state index is -0.132. The molecule has 22 heavy (non-hydrogen) atoms. The van der Waals surface area contributed by atoms with Gasteiger partial charge in [0.25, 0.3) is 0 Å². The lowest BCUT2D eigenvalue weighted by atomic mass is 9.79. The van der Waals surface area contributed by atoms with E-state index in [-0.39, 0.29) is 5.82 Å². The third-order valence-electron chi connectivity index (χ3n) is 5.20. The Labute approximate surface area is 135 Å². The van der Waals surface area contributed by atoms with Crippen LogP contribution in [0.3, 0.4) is 0 Å². The quantitative estimate of drug-likeness (QED) is 0.755. The van der Waals surface area contributed by atoms with E-state index in [2.05, 4.69) is 24.4 Å². The molecule has 0 N–H and O–H groups in total. The molecule has 1 heterocycles. The first kappa shape index (κ1) is 14.4. The molecule has 116 valence electrons. The molecule has 2 aromatic rings. The molecule has 0 amide bonds. The molecule has 2 atom stereocenters. The Morgan fingerprint density at radius 1 is 1.27 bits per heavy atom. The predicted molar refractivity (Wildman–Crippen MR) is 92.7 cm³/mol. The molecule has 4 rings (SSSR count). The van der Waals surface area contributed by atoms with Gasteiger partial charge in [0.05, 0.1) is 0 Å². The van der Waals surface area contributed by atoms with Crippen LogP contribution in [0.1, 0.15) is 31.2 Å². The molecule has 0 radical (unpaired) electrons. The van der Waals surface area contributed by atoms with E-state index < -0.39 is 0 Å². The Kier molecular flexibility index (Phi) is 3.58. The lowest BCUT2D eigenvalue weighted by Gasteiger charge is -2.28. The summed E-state index contributed by atoms with van der Waals surface area (Å²) in [5.41, 5.74) is 4.58. The van der Waals surface area contributed by atoms with Crippen molar-refractivity contribution in [3.05, 3.63) is 40.5 Å². The monoisotopic (exact) mass is 315 g/mol. The number of rotatable bonds is 3. The van der Waals surface area contributed by atoms with Gasteiger partial charge in [0.15, 0.2) is 0 Å². The molecule has 0 unspecified atom stereocenters. The fourth-order valence-corrected chi connectivity index (χ4v) is 5.41. The Morgan fingerprint density at radius 3 is 2.95 bits per heavy atom. The van der Waals surface area contributed by atoms with Crippen molar-refractivity contribution in [2.45, 2.75) is 25.7 Å². The zero-order chi connectivity index (χ0) is 15.3. The van der Waals surface area contributed by atoms with Gasteiger partial charge in [-0.25, -0.2) is 4.39 Å².